The van der Waals surface area contributed by atoms with E-state index < -0.39 is 0 Å². The zero-order valence-corrected chi connectivity index (χ0v) is 18.8. The molecule has 30 heavy (non-hydrogen) atoms. The predicted molar refractivity (Wildman–Crippen MR) is 120 cm³/mol. The lowest BCUT2D eigenvalue weighted by Crippen LogP contribution is -2.26. The molecule has 0 bridgehead atoms. The lowest BCUT2D eigenvalue weighted by atomic mass is 10.2. The Kier molecular flexibility index (Phi) is 5.64. The number of fused-ring (bicyclic) bond motifs is 3. The molecule has 3 aromatic rings. The standard InChI is InChI=1S/C21H25BrN6O2/c1-26(2)17(29)5-4-10-28-16(12-27-9-3-6-18(27)30)25-19-20(28)14-8-7-13(22)11-15(14)24-21(19)23/h7-8,11H,3-6,9-10,12H2,1-2H3,(H2,23,24). The summed E-state index contributed by atoms with van der Waals surface area (Å²) in [6.07, 6.45) is 2.57. The topological polar surface area (TPSA) is 97.4 Å². The summed E-state index contributed by atoms with van der Waals surface area (Å²) < 4.78 is 3.03. The molecule has 0 radical (unpaired) electrons. The highest BCUT2D eigenvalue weighted by atomic mass is 79.9. The number of nitrogens with two attached hydrogens (primary N) is 1. The van der Waals surface area contributed by atoms with Crippen LogP contribution in [0.2, 0.25) is 0 Å². The molecule has 3 heterocycles. The lowest BCUT2D eigenvalue weighted by molar-refractivity contribution is -0.129. The van der Waals surface area contributed by atoms with Gasteiger partial charge in [0.2, 0.25) is 11.8 Å². The fourth-order valence-electron chi connectivity index (χ4n) is 3.95. The number of nitrogen functional groups attached to an aromatic ring is 1. The number of amides is 2. The van der Waals surface area contributed by atoms with Gasteiger partial charge < -0.3 is 20.1 Å². The molecule has 1 fully saturated rings. The fourth-order valence-corrected chi connectivity index (χ4v) is 4.30. The average molecular weight is 473 g/mol. The van der Waals surface area contributed by atoms with Gasteiger partial charge in [0, 0.05) is 49.9 Å². The summed E-state index contributed by atoms with van der Waals surface area (Å²) in [4.78, 5) is 37.0. The summed E-state index contributed by atoms with van der Waals surface area (Å²) in [6, 6.07) is 5.90. The number of nitrogens with zero attached hydrogens (tertiary/aromatic N) is 5. The highest BCUT2D eigenvalue weighted by Gasteiger charge is 2.24. The van der Waals surface area contributed by atoms with Gasteiger partial charge in [0.25, 0.3) is 0 Å². The van der Waals surface area contributed by atoms with Crippen molar-refractivity contribution in [2.75, 3.05) is 26.4 Å². The maximum atomic E-state index is 12.2. The molecule has 0 aliphatic carbocycles. The largest absolute Gasteiger partial charge is 0.382 e. The molecule has 2 N–H and O–H groups in total. The van der Waals surface area contributed by atoms with Gasteiger partial charge in [-0.25, -0.2) is 9.97 Å². The molecule has 2 aromatic heterocycles. The van der Waals surface area contributed by atoms with Crippen LogP contribution >= 0.6 is 15.9 Å². The van der Waals surface area contributed by atoms with E-state index in [1.54, 1.807) is 19.0 Å². The van der Waals surface area contributed by atoms with Crippen molar-refractivity contribution >= 4 is 55.5 Å². The quantitative estimate of drug-likeness (QED) is 0.594. The molecule has 4 rings (SSSR count). The van der Waals surface area contributed by atoms with E-state index in [1.165, 1.54) is 0 Å². The van der Waals surface area contributed by atoms with Crippen molar-refractivity contribution in [2.24, 2.45) is 0 Å². The third-order valence-corrected chi connectivity index (χ3v) is 6.01. The molecule has 1 aliphatic rings. The summed E-state index contributed by atoms with van der Waals surface area (Å²) in [5.74, 6) is 1.39. The van der Waals surface area contributed by atoms with E-state index in [9.17, 15) is 9.59 Å². The van der Waals surface area contributed by atoms with Crippen molar-refractivity contribution in [3.05, 3.63) is 28.5 Å². The first-order chi connectivity index (χ1) is 14.3. The molecule has 1 aliphatic heterocycles. The average Bonchev–Trinajstić information content (AvgIpc) is 3.26. The van der Waals surface area contributed by atoms with Crippen molar-refractivity contribution < 1.29 is 9.59 Å². The summed E-state index contributed by atoms with van der Waals surface area (Å²) >= 11 is 3.49. The van der Waals surface area contributed by atoms with Crippen LogP contribution in [0.5, 0.6) is 0 Å². The van der Waals surface area contributed by atoms with Crippen LogP contribution in [0.25, 0.3) is 21.9 Å². The second-order valence-corrected chi connectivity index (χ2v) is 8.76. The van der Waals surface area contributed by atoms with Crippen LogP contribution in [-0.2, 0) is 22.7 Å². The predicted octanol–water partition coefficient (Wildman–Crippen LogP) is 2.92. The van der Waals surface area contributed by atoms with Gasteiger partial charge >= 0.3 is 0 Å². The number of hydrogen-bond donors (Lipinski definition) is 1. The lowest BCUT2D eigenvalue weighted by Gasteiger charge is -2.17. The van der Waals surface area contributed by atoms with Crippen LogP contribution in [-0.4, -0.2) is 56.8 Å². The Hall–Kier alpha value is -2.68. The summed E-state index contributed by atoms with van der Waals surface area (Å²) in [6.45, 7) is 1.79. The third kappa shape index (κ3) is 3.86. The number of halogens is 1. The van der Waals surface area contributed by atoms with Gasteiger partial charge in [0.15, 0.2) is 5.82 Å². The zero-order chi connectivity index (χ0) is 21.4. The second-order valence-electron chi connectivity index (χ2n) is 7.85. The van der Waals surface area contributed by atoms with Crippen molar-refractivity contribution in [3.63, 3.8) is 0 Å². The van der Waals surface area contributed by atoms with E-state index in [4.69, 9.17) is 10.7 Å². The van der Waals surface area contributed by atoms with Gasteiger partial charge in [-0.15, -0.1) is 0 Å². The number of benzene rings is 1. The number of rotatable bonds is 6. The van der Waals surface area contributed by atoms with Crippen LogP contribution in [0, 0.1) is 0 Å². The number of carbonyl (C=O) groups excluding carboxylic acids is 2. The maximum absolute atomic E-state index is 12.2. The van der Waals surface area contributed by atoms with Gasteiger partial charge in [0.05, 0.1) is 17.6 Å². The van der Waals surface area contributed by atoms with E-state index in [0.717, 1.165) is 39.7 Å². The Bertz CT molecular complexity index is 1140. The minimum absolute atomic E-state index is 0.0886. The van der Waals surface area contributed by atoms with Gasteiger partial charge in [0.1, 0.15) is 11.3 Å². The molecule has 0 saturated carbocycles. The van der Waals surface area contributed by atoms with Crippen LogP contribution in [0.1, 0.15) is 31.5 Å². The maximum Gasteiger partial charge on any atom is 0.223 e. The van der Waals surface area contributed by atoms with Gasteiger partial charge in [-0.05, 0) is 31.0 Å². The zero-order valence-electron chi connectivity index (χ0n) is 17.2. The first-order valence-electron chi connectivity index (χ1n) is 10.1. The molecule has 1 saturated heterocycles. The second kappa shape index (κ2) is 8.22. The first kappa shape index (κ1) is 20.6. The Balaban J connectivity index is 1.80. The van der Waals surface area contributed by atoms with Crippen LogP contribution in [0.4, 0.5) is 5.82 Å². The summed E-state index contributed by atoms with van der Waals surface area (Å²) in [5, 5.41) is 0.952. The Morgan fingerprint density at radius 1 is 1.30 bits per heavy atom. The van der Waals surface area contributed by atoms with Crippen LogP contribution in [0.3, 0.4) is 0 Å². The number of likely N-dealkylation sites (tertiary alicyclic amines) is 1. The number of aromatic nitrogens is 3. The van der Waals surface area contributed by atoms with Gasteiger partial charge in [-0.3, -0.25) is 9.59 Å². The van der Waals surface area contributed by atoms with Gasteiger partial charge in [-0.2, -0.15) is 0 Å². The molecular formula is C21H25BrN6O2. The number of aryl methyl sites for hydroxylation is 1. The minimum Gasteiger partial charge on any atom is -0.382 e. The molecule has 0 spiro atoms. The minimum atomic E-state index is 0.0886. The first-order valence-corrected chi connectivity index (χ1v) is 10.9. The number of carbonyl (C=O) groups is 2. The summed E-state index contributed by atoms with van der Waals surface area (Å²) in [7, 11) is 3.52. The molecular weight excluding hydrogens is 448 g/mol. The molecule has 0 unspecified atom stereocenters. The molecule has 158 valence electrons. The third-order valence-electron chi connectivity index (χ3n) is 5.52. The molecule has 1 aromatic carbocycles. The Morgan fingerprint density at radius 2 is 2.10 bits per heavy atom. The summed E-state index contributed by atoms with van der Waals surface area (Å²) in [5.41, 5.74) is 8.59. The molecule has 0 atom stereocenters. The highest BCUT2D eigenvalue weighted by Crippen LogP contribution is 2.31. The number of anilines is 1. The van der Waals surface area contributed by atoms with E-state index in [1.807, 2.05) is 23.1 Å². The van der Waals surface area contributed by atoms with Crippen LogP contribution in [0.15, 0.2) is 22.7 Å². The Morgan fingerprint density at radius 3 is 2.80 bits per heavy atom. The molecule has 2 amide bonds. The normalized spacial score (nSPS) is 14.2. The molecule has 9 heteroatoms. The van der Waals surface area contributed by atoms with Gasteiger partial charge in [-0.1, -0.05) is 15.9 Å². The van der Waals surface area contributed by atoms with Crippen molar-refractivity contribution in [1.29, 1.82) is 0 Å². The Labute approximate surface area is 183 Å². The SMILES string of the molecule is CN(C)C(=O)CCCn1c(CN2CCCC2=O)nc2c(N)nc3cc(Br)ccc3c21. The van der Waals surface area contributed by atoms with Crippen molar-refractivity contribution in [1.82, 2.24) is 24.3 Å². The highest BCUT2D eigenvalue weighted by molar-refractivity contribution is 9.10. The van der Waals surface area contributed by atoms with Crippen LogP contribution < -0.4 is 5.73 Å². The van der Waals surface area contributed by atoms with Crippen molar-refractivity contribution in [2.45, 2.75) is 38.8 Å². The van der Waals surface area contributed by atoms with E-state index >= 15 is 0 Å². The molecule has 8 nitrogen and oxygen atoms in total. The smallest absolute Gasteiger partial charge is 0.223 e. The number of hydrogen-bond acceptors (Lipinski definition) is 5. The fraction of sp³-hybridized carbons (Fsp3) is 0.429. The van der Waals surface area contributed by atoms with Crippen molar-refractivity contribution in [3.8, 4) is 0 Å². The number of pyridine rings is 1. The van der Waals surface area contributed by atoms with E-state index in [2.05, 4.69) is 25.5 Å². The van der Waals surface area contributed by atoms with E-state index in [-0.39, 0.29) is 11.8 Å². The monoisotopic (exact) mass is 472 g/mol. The number of imidazole rings is 1. The van der Waals surface area contributed by atoms with E-state index in [0.29, 0.717) is 43.7 Å².